The molecule has 0 aliphatic heterocycles. The van der Waals surface area contributed by atoms with Crippen molar-refractivity contribution in [2.24, 2.45) is 0 Å². The summed E-state index contributed by atoms with van der Waals surface area (Å²) in [6.45, 7) is 2.14. The van der Waals surface area contributed by atoms with Gasteiger partial charge in [0, 0.05) is 33.5 Å². The number of fused-ring (bicyclic) bond motifs is 9. The molecule has 0 saturated heterocycles. The quantitative estimate of drug-likeness (QED) is 0.155. The monoisotopic (exact) mass is 726 g/mol. The second-order valence-corrected chi connectivity index (χ2v) is 15.0. The highest BCUT2D eigenvalue weighted by Gasteiger charge is 2.17. The van der Waals surface area contributed by atoms with Gasteiger partial charge in [-0.3, -0.25) is 0 Å². The average Bonchev–Trinajstić information content (AvgIpc) is 3.61. The normalized spacial score (nSPS) is 11.6. The molecule has 2 heteroatoms. The van der Waals surface area contributed by atoms with Gasteiger partial charge in [0.2, 0.25) is 0 Å². The van der Waals surface area contributed by atoms with Crippen LogP contribution in [0.25, 0.3) is 82.1 Å². The van der Waals surface area contributed by atoms with Crippen molar-refractivity contribution >= 4 is 71.2 Å². The van der Waals surface area contributed by atoms with E-state index >= 15 is 0 Å². The number of rotatable bonds is 6. The van der Waals surface area contributed by atoms with Gasteiger partial charge >= 0.3 is 0 Å². The summed E-state index contributed by atoms with van der Waals surface area (Å²) < 4.78 is 2.38. The van der Waals surface area contributed by atoms with E-state index in [2.05, 4.69) is 229 Å². The minimum atomic E-state index is 1.10. The molecule has 0 bridgehead atoms. The van der Waals surface area contributed by atoms with Crippen molar-refractivity contribution in [2.45, 2.75) is 6.92 Å². The van der Waals surface area contributed by atoms with Crippen LogP contribution < -0.4 is 4.90 Å². The zero-order valence-electron chi connectivity index (χ0n) is 31.6. The smallest absolute Gasteiger partial charge is 0.0541 e. The molecule has 0 spiro atoms. The van der Waals surface area contributed by atoms with Crippen LogP contribution in [0.1, 0.15) is 5.56 Å². The Labute approximate surface area is 332 Å². The number of aryl methyl sites for hydroxylation is 1. The molecule has 2 nitrogen and oxygen atoms in total. The highest BCUT2D eigenvalue weighted by molar-refractivity contribution is 6.25. The lowest BCUT2D eigenvalue weighted by molar-refractivity contribution is 1.17. The van der Waals surface area contributed by atoms with E-state index < -0.39 is 0 Å². The summed E-state index contributed by atoms with van der Waals surface area (Å²) in [5, 5.41) is 10.1. The zero-order chi connectivity index (χ0) is 37.9. The van der Waals surface area contributed by atoms with Gasteiger partial charge in [0.25, 0.3) is 0 Å². The Morgan fingerprint density at radius 3 is 1.39 bits per heavy atom. The first-order chi connectivity index (χ1) is 28.2. The second kappa shape index (κ2) is 13.4. The van der Waals surface area contributed by atoms with Crippen molar-refractivity contribution in [3.63, 3.8) is 0 Å². The maximum absolute atomic E-state index is 2.39. The van der Waals surface area contributed by atoms with Crippen LogP contribution in [-0.4, -0.2) is 4.57 Å². The molecular weight excluding hydrogens is 689 g/mol. The third-order valence-corrected chi connectivity index (χ3v) is 11.6. The number of aromatic nitrogens is 1. The third kappa shape index (κ3) is 5.57. The van der Waals surface area contributed by atoms with Crippen LogP contribution in [0.2, 0.25) is 0 Å². The zero-order valence-corrected chi connectivity index (χ0v) is 31.6. The van der Waals surface area contributed by atoms with Gasteiger partial charge in [-0.15, -0.1) is 0 Å². The third-order valence-electron chi connectivity index (χ3n) is 11.6. The molecule has 0 aliphatic rings. The molecule has 268 valence electrons. The summed E-state index contributed by atoms with van der Waals surface area (Å²) in [4.78, 5) is 2.39. The Hall–Kier alpha value is -7.42. The van der Waals surface area contributed by atoms with E-state index in [4.69, 9.17) is 0 Å². The predicted octanol–water partition coefficient (Wildman–Crippen LogP) is 15.4. The van der Waals surface area contributed by atoms with Gasteiger partial charge in [-0.2, -0.15) is 0 Å². The van der Waals surface area contributed by atoms with E-state index in [0.717, 1.165) is 17.1 Å². The molecule has 10 aromatic carbocycles. The van der Waals surface area contributed by atoms with Crippen LogP contribution in [0.3, 0.4) is 0 Å². The minimum absolute atomic E-state index is 1.10. The first kappa shape index (κ1) is 33.0. The number of para-hydroxylation sites is 1. The van der Waals surface area contributed by atoms with Crippen LogP contribution >= 0.6 is 0 Å². The van der Waals surface area contributed by atoms with Gasteiger partial charge in [0.1, 0.15) is 0 Å². The molecule has 0 saturated carbocycles. The number of nitrogens with zero attached hydrogens (tertiary/aromatic N) is 2. The summed E-state index contributed by atoms with van der Waals surface area (Å²) in [5.74, 6) is 0. The summed E-state index contributed by atoms with van der Waals surface area (Å²) in [7, 11) is 0. The summed E-state index contributed by atoms with van der Waals surface area (Å²) in [6.07, 6.45) is 0. The van der Waals surface area contributed by atoms with E-state index in [-0.39, 0.29) is 0 Å². The fourth-order valence-corrected chi connectivity index (χ4v) is 8.84. The van der Waals surface area contributed by atoms with Gasteiger partial charge in [-0.25, -0.2) is 0 Å². The van der Waals surface area contributed by atoms with Crippen molar-refractivity contribution in [1.29, 1.82) is 0 Å². The van der Waals surface area contributed by atoms with Crippen LogP contribution in [0.4, 0.5) is 17.1 Å². The lowest BCUT2D eigenvalue weighted by Crippen LogP contribution is -2.10. The molecule has 0 fully saturated rings. The molecular formula is C55H38N2. The molecule has 1 aromatic heterocycles. The molecule has 0 radical (unpaired) electrons. The van der Waals surface area contributed by atoms with Crippen LogP contribution in [0.5, 0.6) is 0 Å². The SMILES string of the molecule is Cc1ccc(-n2c3ccccc3c3cc(-c4ccc(N(c5ccc(-c6ccccc6)cc5)c5ccc6c7ccccc7c7ccccc7c6c5)cc4)ccc32)cc1. The van der Waals surface area contributed by atoms with E-state index in [1.54, 1.807) is 0 Å². The first-order valence-electron chi connectivity index (χ1n) is 19.7. The van der Waals surface area contributed by atoms with Crippen molar-refractivity contribution in [2.75, 3.05) is 4.90 Å². The number of hydrogen-bond donors (Lipinski definition) is 0. The van der Waals surface area contributed by atoms with Gasteiger partial charge in [0.15, 0.2) is 0 Å². The summed E-state index contributed by atoms with van der Waals surface area (Å²) in [5.41, 5.74) is 13.0. The number of anilines is 3. The lowest BCUT2D eigenvalue weighted by Gasteiger charge is -2.26. The van der Waals surface area contributed by atoms with Gasteiger partial charge < -0.3 is 9.47 Å². The maximum atomic E-state index is 2.39. The highest BCUT2D eigenvalue weighted by atomic mass is 15.1. The molecule has 0 unspecified atom stereocenters. The minimum Gasteiger partial charge on any atom is -0.310 e. The standard InChI is InChI=1S/C55H38N2/c1-37-19-26-44(27-20-37)57-54-18-10-9-17-51(54)53-35-41(25-34-55(53)57)40-23-30-43(31-24-40)56(42-28-21-39(22-29-42)38-11-3-2-4-12-38)45-32-33-50-48-15-6-5-13-46(48)47-14-7-8-16-49(47)52(50)36-45/h2-36H,1H3. The first-order valence-corrected chi connectivity index (χ1v) is 19.7. The van der Waals surface area contributed by atoms with E-state index in [0.29, 0.717) is 0 Å². The fraction of sp³-hybridized carbons (Fsp3) is 0.0182. The van der Waals surface area contributed by atoms with Crippen LogP contribution in [-0.2, 0) is 0 Å². The Morgan fingerprint density at radius 2 is 0.754 bits per heavy atom. The Morgan fingerprint density at radius 1 is 0.298 bits per heavy atom. The molecule has 0 aliphatic carbocycles. The van der Waals surface area contributed by atoms with Gasteiger partial charge in [0.05, 0.1) is 11.0 Å². The molecule has 0 N–H and O–H groups in total. The Balaban J connectivity index is 1.04. The van der Waals surface area contributed by atoms with Gasteiger partial charge in [-0.1, -0.05) is 151 Å². The topological polar surface area (TPSA) is 8.17 Å². The van der Waals surface area contributed by atoms with Crippen LogP contribution in [0, 0.1) is 6.92 Å². The second-order valence-electron chi connectivity index (χ2n) is 15.0. The van der Waals surface area contributed by atoms with Crippen molar-refractivity contribution < 1.29 is 0 Å². The fourth-order valence-electron chi connectivity index (χ4n) is 8.84. The van der Waals surface area contributed by atoms with E-state index in [1.807, 2.05) is 0 Å². The highest BCUT2D eigenvalue weighted by Crippen LogP contribution is 2.42. The van der Waals surface area contributed by atoms with Gasteiger partial charge in [-0.05, 0) is 128 Å². The predicted molar refractivity (Wildman–Crippen MR) is 244 cm³/mol. The number of hydrogen-bond acceptors (Lipinski definition) is 1. The average molecular weight is 727 g/mol. The van der Waals surface area contributed by atoms with Crippen molar-refractivity contribution in [3.8, 4) is 27.9 Å². The molecule has 57 heavy (non-hydrogen) atoms. The number of benzene rings is 10. The Kier molecular flexibility index (Phi) is 7.75. The maximum Gasteiger partial charge on any atom is 0.0541 e. The lowest BCUT2D eigenvalue weighted by atomic mass is 9.94. The molecule has 1 heterocycles. The molecule has 0 atom stereocenters. The van der Waals surface area contributed by atoms with E-state index in [1.165, 1.54) is 87.6 Å². The molecule has 11 rings (SSSR count). The summed E-state index contributed by atoms with van der Waals surface area (Å²) >= 11 is 0. The molecule has 0 amide bonds. The Bertz CT molecular complexity index is 3230. The summed E-state index contributed by atoms with van der Waals surface area (Å²) in [6, 6.07) is 77.6. The van der Waals surface area contributed by atoms with Crippen LogP contribution in [0.15, 0.2) is 212 Å². The van der Waals surface area contributed by atoms with Crippen molar-refractivity contribution in [1.82, 2.24) is 4.57 Å². The molecule has 11 aromatic rings. The largest absolute Gasteiger partial charge is 0.310 e. The van der Waals surface area contributed by atoms with E-state index in [9.17, 15) is 0 Å². The van der Waals surface area contributed by atoms with Crippen molar-refractivity contribution in [3.05, 3.63) is 218 Å².